The predicted molar refractivity (Wildman–Crippen MR) is 78.5 cm³/mol. The first-order chi connectivity index (χ1) is 10.4. The molecule has 0 radical (unpaired) electrons. The molecule has 1 aromatic rings. The van der Waals surface area contributed by atoms with Crippen molar-refractivity contribution < 1.29 is 22.4 Å². The molecule has 6 nitrogen and oxygen atoms in total. The molecule has 0 aliphatic carbocycles. The van der Waals surface area contributed by atoms with Gasteiger partial charge in [0.05, 0.1) is 17.4 Å². The fourth-order valence-corrected chi connectivity index (χ4v) is 3.79. The Morgan fingerprint density at radius 3 is 2.68 bits per heavy atom. The van der Waals surface area contributed by atoms with Crippen LogP contribution < -0.4 is 10.9 Å². The van der Waals surface area contributed by atoms with Crippen LogP contribution in [0.25, 0.3) is 6.08 Å². The SMILES string of the molecule is O=C(/C=C/c1cccc(F)c1)NNC(=O)[C@H]1CCS(=O)(=O)C1. The maximum Gasteiger partial charge on any atom is 0.262 e. The van der Waals surface area contributed by atoms with E-state index in [9.17, 15) is 22.4 Å². The van der Waals surface area contributed by atoms with Crippen LogP contribution >= 0.6 is 0 Å². The number of sulfone groups is 1. The molecule has 0 saturated carbocycles. The Kier molecular flexibility index (Phi) is 4.92. The molecule has 1 fully saturated rings. The van der Waals surface area contributed by atoms with Crippen LogP contribution in [0.3, 0.4) is 0 Å². The molecule has 2 amide bonds. The van der Waals surface area contributed by atoms with Crippen molar-refractivity contribution in [3.63, 3.8) is 0 Å². The second kappa shape index (κ2) is 6.69. The van der Waals surface area contributed by atoms with Gasteiger partial charge in [-0.3, -0.25) is 20.4 Å². The van der Waals surface area contributed by atoms with Gasteiger partial charge in [-0.25, -0.2) is 12.8 Å². The Bertz CT molecular complexity index is 715. The van der Waals surface area contributed by atoms with Gasteiger partial charge in [-0.15, -0.1) is 0 Å². The van der Waals surface area contributed by atoms with Crippen LogP contribution in [0.5, 0.6) is 0 Å². The largest absolute Gasteiger partial charge is 0.273 e. The van der Waals surface area contributed by atoms with Crippen LogP contribution in [0.2, 0.25) is 0 Å². The first-order valence-corrected chi connectivity index (χ1v) is 8.42. The standard InChI is InChI=1S/C14H15FN2O4S/c15-12-3-1-2-10(8-12)4-5-13(18)16-17-14(19)11-6-7-22(20,21)9-11/h1-5,8,11H,6-7,9H2,(H,16,18)(H,17,19)/b5-4+/t11-/m0/s1. The Labute approximate surface area is 127 Å². The van der Waals surface area contributed by atoms with Crippen molar-refractivity contribution in [1.29, 1.82) is 0 Å². The molecule has 1 aliphatic heterocycles. The molecular weight excluding hydrogens is 311 g/mol. The summed E-state index contributed by atoms with van der Waals surface area (Å²) in [4.78, 5) is 23.2. The minimum absolute atomic E-state index is 0.0154. The molecule has 0 bridgehead atoms. The number of nitrogens with one attached hydrogen (secondary N) is 2. The number of carbonyl (C=O) groups is 2. The van der Waals surface area contributed by atoms with E-state index in [1.807, 2.05) is 0 Å². The van der Waals surface area contributed by atoms with E-state index in [4.69, 9.17) is 0 Å². The average Bonchev–Trinajstić information content (AvgIpc) is 2.83. The van der Waals surface area contributed by atoms with E-state index in [1.54, 1.807) is 6.07 Å². The van der Waals surface area contributed by atoms with E-state index in [2.05, 4.69) is 10.9 Å². The van der Waals surface area contributed by atoms with Crippen LogP contribution in [0.1, 0.15) is 12.0 Å². The van der Waals surface area contributed by atoms with Crippen LogP contribution in [-0.4, -0.2) is 31.7 Å². The average molecular weight is 326 g/mol. The smallest absolute Gasteiger partial charge is 0.262 e. The third-order valence-corrected chi connectivity index (χ3v) is 4.96. The first-order valence-electron chi connectivity index (χ1n) is 6.60. The zero-order valence-corrected chi connectivity index (χ0v) is 12.4. The molecule has 2 rings (SSSR count). The molecule has 22 heavy (non-hydrogen) atoms. The van der Waals surface area contributed by atoms with E-state index in [1.165, 1.54) is 24.3 Å². The lowest BCUT2D eigenvalue weighted by Crippen LogP contribution is -2.44. The van der Waals surface area contributed by atoms with Gasteiger partial charge in [0, 0.05) is 6.08 Å². The predicted octanol–water partition coefficient (Wildman–Crippen LogP) is 0.421. The van der Waals surface area contributed by atoms with Gasteiger partial charge in [-0.1, -0.05) is 12.1 Å². The van der Waals surface area contributed by atoms with Crippen LogP contribution in [-0.2, 0) is 19.4 Å². The zero-order valence-electron chi connectivity index (χ0n) is 11.6. The summed E-state index contributed by atoms with van der Waals surface area (Å²) in [5.74, 6) is -2.41. The zero-order chi connectivity index (χ0) is 16.2. The fourth-order valence-electron chi connectivity index (χ4n) is 2.05. The van der Waals surface area contributed by atoms with Gasteiger partial charge in [-0.2, -0.15) is 0 Å². The maximum absolute atomic E-state index is 12.9. The molecule has 1 heterocycles. The molecule has 1 atom stereocenters. The van der Waals surface area contributed by atoms with Crippen molar-refractivity contribution in [3.05, 3.63) is 41.7 Å². The Hall–Kier alpha value is -2.22. The molecule has 0 aromatic heterocycles. The molecule has 1 aromatic carbocycles. The number of rotatable bonds is 3. The Balaban J connectivity index is 1.82. The quantitative estimate of drug-likeness (QED) is 0.622. The number of hydrogen-bond acceptors (Lipinski definition) is 4. The summed E-state index contributed by atoms with van der Waals surface area (Å²) in [7, 11) is -3.15. The highest BCUT2D eigenvalue weighted by Crippen LogP contribution is 2.17. The lowest BCUT2D eigenvalue weighted by molar-refractivity contribution is -0.129. The highest BCUT2D eigenvalue weighted by molar-refractivity contribution is 7.91. The van der Waals surface area contributed by atoms with Crippen molar-refractivity contribution in [2.75, 3.05) is 11.5 Å². The normalized spacial score (nSPS) is 20.0. The summed E-state index contributed by atoms with van der Waals surface area (Å²) in [6.07, 6.45) is 2.79. The molecular formula is C14H15FN2O4S. The van der Waals surface area contributed by atoms with Gasteiger partial charge in [-0.05, 0) is 30.2 Å². The number of hydrazine groups is 1. The van der Waals surface area contributed by atoms with Gasteiger partial charge in [0.25, 0.3) is 5.91 Å². The topological polar surface area (TPSA) is 92.3 Å². The van der Waals surface area contributed by atoms with Gasteiger partial charge in [0.1, 0.15) is 5.82 Å². The summed E-state index contributed by atoms with van der Waals surface area (Å²) in [5, 5.41) is 0. The molecule has 1 saturated heterocycles. The van der Waals surface area contributed by atoms with Crippen molar-refractivity contribution in [2.24, 2.45) is 5.92 Å². The number of benzene rings is 1. The van der Waals surface area contributed by atoms with E-state index in [-0.39, 0.29) is 17.9 Å². The summed E-state index contributed by atoms with van der Waals surface area (Å²) in [6.45, 7) is 0. The third-order valence-electron chi connectivity index (χ3n) is 3.19. The van der Waals surface area contributed by atoms with Gasteiger partial charge >= 0.3 is 0 Å². The first kappa shape index (κ1) is 16.2. The molecule has 0 spiro atoms. The van der Waals surface area contributed by atoms with Crippen molar-refractivity contribution in [2.45, 2.75) is 6.42 Å². The lowest BCUT2D eigenvalue weighted by Gasteiger charge is -2.09. The minimum atomic E-state index is -3.15. The number of hydrogen-bond donors (Lipinski definition) is 2. The Morgan fingerprint density at radius 2 is 2.05 bits per heavy atom. The van der Waals surface area contributed by atoms with E-state index >= 15 is 0 Å². The Morgan fingerprint density at radius 1 is 1.27 bits per heavy atom. The number of carbonyl (C=O) groups excluding carboxylic acids is 2. The van der Waals surface area contributed by atoms with E-state index in [0.29, 0.717) is 5.56 Å². The molecule has 0 unspecified atom stereocenters. The van der Waals surface area contributed by atoms with Crippen LogP contribution in [0.4, 0.5) is 4.39 Å². The highest BCUT2D eigenvalue weighted by Gasteiger charge is 2.32. The maximum atomic E-state index is 12.9. The molecule has 1 aliphatic rings. The van der Waals surface area contributed by atoms with Crippen LogP contribution in [0.15, 0.2) is 30.3 Å². The summed E-state index contributed by atoms with van der Waals surface area (Å²) < 4.78 is 35.5. The monoisotopic (exact) mass is 326 g/mol. The molecule has 118 valence electrons. The number of amides is 2. The number of halogens is 1. The van der Waals surface area contributed by atoms with E-state index in [0.717, 1.165) is 6.08 Å². The minimum Gasteiger partial charge on any atom is -0.273 e. The summed E-state index contributed by atoms with van der Waals surface area (Å²) in [6, 6.07) is 5.67. The van der Waals surface area contributed by atoms with Gasteiger partial charge in [0.2, 0.25) is 5.91 Å². The fraction of sp³-hybridized carbons (Fsp3) is 0.286. The van der Waals surface area contributed by atoms with Crippen molar-refractivity contribution >= 4 is 27.7 Å². The lowest BCUT2D eigenvalue weighted by atomic mass is 10.1. The second-order valence-electron chi connectivity index (χ2n) is 4.97. The third kappa shape index (κ3) is 4.66. The van der Waals surface area contributed by atoms with Gasteiger partial charge in [0.15, 0.2) is 9.84 Å². The van der Waals surface area contributed by atoms with Gasteiger partial charge < -0.3 is 0 Å². The molecule has 2 N–H and O–H groups in total. The highest BCUT2D eigenvalue weighted by atomic mass is 32.2. The summed E-state index contributed by atoms with van der Waals surface area (Å²) in [5.41, 5.74) is 4.84. The van der Waals surface area contributed by atoms with Crippen molar-refractivity contribution in [1.82, 2.24) is 10.9 Å². The summed E-state index contributed by atoms with van der Waals surface area (Å²) >= 11 is 0. The van der Waals surface area contributed by atoms with Crippen molar-refractivity contribution in [3.8, 4) is 0 Å². The second-order valence-corrected chi connectivity index (χ2v) is 7.20. The molecule has 8 heteroatoms. The van der Waals surface area contributed by atoms with E-state index < -0.39 is 33.4 Å². The van der Waals surface area contributed by atoms with Crippen LogP contribution in [0, 0.1) is 11.7 Å².